The molecule has 3 nitrogen and oxygen atoms in total. The van der Waals surface area contributed by atoms with Gasteiger partial charge in [0.05, 0.1) is 5.69 Å². The molecule has 1 aromatic rings. The molecule has 3 heteroatoms. The van der Waals surface area contributed by atoms with Gasteiger partial charge < -0.3 is 10.6 Å². The highest BCUT2D eigenvalue weighted by Gasteiger charge is 2.25. The average Bonchev–Trinajstić information content (AvgIpc) is 2.22. The van der Waals surface area contributed by atoms with Gasteiger partial charge in [-0.15, -0.1) is 0 Å². The highest BCUT2D eigenvalue weighted by atomic mass is 15.2. The molecule has 1 aromatic heterocycles. The largest absolute Gasteiger partial charge is 0.396 e. The fourth-order valence-electron chi connectivity index (χ4n) is 2.51. The van der Waals surface area contributed by atoms with E-state index in [9.17, 15) is 0 Å². The van der Waals surface area contributed by atoms with E-state index in [0.29, 0.717) is 6.04 Å². The number of rotatable bonds is 1. The molecule has 1 aliphatic heterocycles. The van der Waals surface area contributed by atoms with E-state index >= 15 is 0 Å². The number of nitrogens with two attached hydrogens (primary N) is 1. The maximum Gasteiger partial charge on any atom is 0.152 e. The standard InChI is InChI=1S/C13H21N3/c1-9-6-7-16(11(3)8-9)13-12(14)5-4-10(2)15-13/h4-5,9,11H,6-8,14H2,1-3H3. The molecule has 1 saturated heterocycles. The van der Waals surface area contributed by atoms with E-state index in [1.807, 2.05) is 19.1 Å². The van der Waals surface area contributed by atoms with E-state index in [1.54, 1.807) is 0 Å². The summed E-state index contributed by atoms with van der Waals surface area (Å²) in [6.07, 6.45) is 2.47. The number of nitrogens with zero attached hydrogens (tertiary/aromatic N) is 2. The lowest BCUT2D eigenvalue weighted by molar-refractivity contribution is 0.376. The Bertz CT molecular complexity index is 375. The number of hydrogen-bond acceptors (Lipinski definition) is 3. The first kappa shape index (κ1) is 11.2. The van der Waals surface area contributed by atoms with Crippen molar-refractivity contribution in [2.75, 3.05) is 17.2 Å². The van der Waals surface area contributed by atoms with E-state index < -0.39 is 0 Å². The van der Waals surface area contributed by atoms with E-state index in [0.717, 1.165) is 29.7 Å². The van der Waals surface area contributed by atoms with Crippen LogP contribution in [0.15, 0.2) is 12.1 Å². The van der Waals surface area contributed by atoms with Crippen LogP contribution in [0.25, 0.3) is 0 Å². The van der Waals surface area contributed by atoms with Crippen LogP contribution in [-0.2, 0) is 0 Å². The first-order valence-corrected chi connectivity index (χ1v) is 6.07. The van der Waals surface area contributed by atoms with Gasteiger partial charge in [-0.05, 0) is 44.7 Å². The Balaban J connectivity index is 2.26. The average molecular weight is 219 g/mol. The predicted molar refractivity (Wildman–Crippen MR) is 68.6 cm³/mol. The van der Waals surface area contributed by atoms with Crippen LogP contribution >= 0.6 is 0 Å². The van der Waals surface area contributed by atoms with Gasteiger partial charge in [-0.25, -0.2) is 4.98 Å². The van der Waals surface area contributed by atoms with Gasteiger partial charge in [0.25, 0.3) is 0 Å². The molecule has 1 fully saturated rings. The first-order valence-electron chi connectivity index (χ1n) is 6.07. The van der Waals surface area contributed by atoms with E-state index in [4.69, 9.17) is 5.73 Å². The summed E-state index contributed by atoms with van der Waals surface area (Å²) in [5.41, 5.74) is 7.85. The van der Waals surface area contributed by atoms with Crippen molar-refractivity contribution >= 4 is 11.5 Å². The van der Waals surface area contributed by atoms with Crippen LogP contribution in [0.1, 0.15) is 32.4 Å². The van der Waals surface area contributed by atoms with Crippen molar-refractivity contribution in [2.24, 2.45) is 5.92 Å². The normalized spacial score (nSPS) is 25.8. The summed E-state index contributed by atoms with van der Waals surface area (Å²) in [5, 5.41) is 0. The van der Waals surface area contributed by atoms with Crippen molar-refractivity contribution in [3.05, 3.63) is 17.8 Å². The molecule has 0 spiro atoms. The zero-order chi connectivity index (χ0) is 11.7. The van der Waals surface area contributed by atoms with Crippen molar-refractivity contribution in [1.29, 1.82) is 0 Å². The van der Waals surface area contributed by atoms with Crippen LogP contribution < -0.4 is 10.6 Å². The van der Waals surface area contributed by atoms with E-state index in [1.165, 1.54) is 12.8 Å². The van der Waals surface area contributed by atoms with Crippen LogP contribution in [-0.4, -0.2) is 17.6 Å². The number of aryl methyl sites for hydroxylation is 1. The van der Waals surface area contributed by atoms with Gasteiger partial charge >= 0.3 is 0 Å². The van der Waals surface area contributed by atoms with Gasteiger partial charge in [-0.3, -0.25) is 0 Å². The smallest absolute Gasteiger partial charge is 0.152 e. The molecule has 0 radical (unpaired) electrons. The lowest BCUT2D eigenvalue weighted by atomic mass is 9.93. The summed E-state index contributed by atoms with van der Waals surface area (Å²) < 4.78 is 0. The molecule has 0 aliphatic carbocycles. The highest BCUT2D eigenvalue weighted by molar-refractivity contribution is 5.63. The molecule has 2 rings (SSSR count). The summed E-state index contributed by atoms with van der Waals surface area (Å²) >= 11 is 0. The highest BCUT2D eigenvalue weighted by Crippen LogP contribution is 2.29. The third-order valence-electron chi connectivity index (χ3n) is 3.45. The molecule has 1 aliphatic rings. The van der Waals surface area contributed by atoms with Gasteiger partial charge in [-0.2, -0.15) is 0 Å². The molecular weight excluding hydrogens is 198 g/mol. The Morgan fingerprint density at radius 2 is 2.12 bits per heavy atom. The van der Waals surface area contributed by atoms with Gasteiger partial charge in [-0.1, -0.05) is 6.92 Å². The summed E-state index contributed by atoms with van der Waals surface area (Å²) in [6.45, 7) is 7.67. The Morgan fingerprint density at radius 3 is 2.81 bits per heavy atom. The Morgan fingerprint density at radius 1 is 1.38 bits per heavy atom. The molecular formula is C13H21N3. The molecule has 0 saturated carbocycles. The van der Waals surface area contributed by atoms with Crippen molar-refractivity contribution in [3.63, 3.8) is 0 Å². The molecule has 0 bridgehead atoms. The zero-order valence-corrected chi connectivity index (χ0v) is 10.4. The zero-order valence-electron chi connectivity index (χ0n) is 10.4. The summed E-state index contributed by atoms with van der Waals surface area (Å²) in [6, 6.07) is 4.47. The lowest BCUT2D eigenvalue weighted by Gasteiger charge is -2.38. The number of anilines is 2. The predicted octanol–water partition coefficient (Wildman–Crippen LogP) is 2.60. The molecule has 2 N–H and O–H groups in total. The summed E-state index contributed by atoms with van der Waals surface area (Å²) in [7, 11) is 0. The SMILES string of the molecule is Cc1ccc(N)c(N2CCC(C)CC2C)n1. The van der Waals surface area contributed by atoms with Gasteiger partial charge in [0.2, 0.25) is 0 Å². The Hall–Kier alpha value is -1.25. The minimum Gasteiger partial charge on any atom is -0.396 e. The maximum atomic E-state index is 6.01. The van der Waals surface area contributed by atoms with Crippen LogP contribution in [0.5, 0.6) is 0 Å². The molecule has 2 unspecified atom stereocenters. The number of aromatic nitrogens is 1. The summed E-state index contributed by atoms with van der Waals surface area (Å²) in [4.78, 5) is 6.92. The van der Waals surface area contributed by atoms with Crippen LogP contribution in [0.2, 0.25) is 0 Å². The Labute approximate surface area is 97.7 Å². The number of nitrogen functional groups attached to an aromatic ring is 1. The number of hydrogen-bond donors (Lipinski definition) is 1. The van der Waals surface area contributed by atoms with Crippen molar-refractivity contribution < 1.29 is 0 Å². The molecule has 0 amide bonds. The van der Waals surface area contributed by atoms with Crippen molar-refractivity contribution in [1.82, 2.24) is 4.98 Å². The molecule has 2 atom stereocenters. The summed E-state index contributed by atoms with van der Waals surface area (Å²) in [5.74, 6) is 1.79. The third kappa shape index (κ3) is 2.13. The lowest BCUT2D eigenvalue weighted by Crippen LogP contribution is -2.41. The van der Waals surface area contributed by atoms with Gasteiger partial charge in [0.15, 0.2) is 5.82 Å². The monoisotopic (exact) mass is 219 g/mol. The fraction of sp³-hybridized carbons (Fsp3) is 0.615. The second-order valence-corrected chi connectivity index (χ2v) is 5.04. The van der Waals surface area contributed by atoms with E-state index in [2.05, 4.69) is 23.7 Å². The Kier molecular flexibility index (Phi) is 3.03. The van der Waals surface area contributed by atoms with Gasteiger partial charge in [0.1, 0.15) is 0 Å². The third-order valence-corrected chi connectivity index (χ3v) is 3.45. The fourth-order valence-corrected chi connectivity index (χ4v) is 2.51. The first-order chi connectivity index (χ1) is 7.58. The maximum absolute atomic E-state index is 6.01. The minimum absolute atomic E-state index is 0.542. The number of piperidine rings is 1. The molecule has 2 heterocycles. The van der Waals surface area contributed by atoms with Crippen molar-refractivity contribution in [2.45, 2.75) is 39.7 Å². The second kappa shape index (κ2) is 4.32. The van der Waals surface area contributed by atoms with Crippen molar-refractivity contribution in [3.8, 4) is 0 Å². The molecule has 16 heavy (non-hydrogen) atoms. The quantitative estimate of drug-likeness (QED) is 0.789. The molecule has 0 aromatic carbocycles. The van der Waals surface area contributed by atoms with Crippen LogP contribution in [0.3, 0.4) is 0 Å². The second-order valence-electron chi connectivity index (χ2n) is 5.04. The molecule has 88 valence electrons. The van der Waals surface area contributed by atoms with E-state index in [-0.39, 0.29) is 0 Å². The minimum atomic E-state index is 0.542. The van der Waals surface area contributed by atoms with Crippen LogP contribution in [0, 0.1) is 12.8 Å². The number of pyridine rings is 1. The van der Waals surface area contributed by atoms with Crippen LogP contribution in [0.4, 0.5) is 11.5 Å². The van der Waals surface area contributed by atoms with Gasteiger partial charge in [0, 0.05) is 18.3 Å². The topological polar surface area (TPSA) is 42.1 Å².